The molecule has 0 saturated carbocycles. The number of halogens is 1. The Labute approximate surface area is 149 Å². The standard InChI is InChI=1S/C21H17FN2O2/c1-13-3-10-20(26-13)21-23-18-11-16(14(2)25)6-9-19(18)24(21)12-15-4-7-17(22)8-5-15/h3-11H,12H2,1-2H3. The highest BCUT2D eigenvalue weighted by molar-refractivity contribution is 5.97. The highest BCUT2D eigenvalue weighted by Crippen LogP contribution is 2.28. The summed E-state index contributed by atoms with van der Waals surface area (Å²) in [7, 11) is 0. The molecule has 0 aliphatic rings. The van der Waals surface area contributed by atoms with Crippen LogP contribution in [-0.2, 0) is 6.54 Å². The van der Waals surface area contributed by atoms with Crippen molar-refractivity contribution in [3.63, 3.8) is 0 Å². The number of carbonyl (C=O) groups is 1. The number of aromatic nitrogens is 2. The zero-order valence-corrected chi connectivity index (χ0v) is 14.5. The average Bonchev–Trinajstić information content (AvgIpc) is 3.20. The van der Waals surface area contributed by atoms with Gasteiger partial charge in [-0.3, -0.25) is 4.79 Å². The zero-order chi connectivity index (χ0) is 18.3. The van der Waals surface area contributed by atoms with Crippen LogP contribution in [0.25, 0.3) is 22.6 Å². The van der Waals surface area contributed by atoms with Crippen molar-refractivity contribution in [1.82, 2.24) is 9.55 Å². The van der Waals surface area contributed by atoms with E-state index < -0.39 is 0 Å². The van der Waals surface area contributed by atoms with E-state index in [1.807, 2.05) is 29.7 Å². The van der Waals surface area contributed by atoms with Crippen LogP contribution in [-0.4, -0.2) is 15.3 Å². The molecule has 4 aromatic rings. The van der Waals surface area contributed by atoms with Crippen molar-refractivity contribution in [2.24, 2.45) is 0 Å². The van der Waals surface area contributed by atoms with Gasteiger partial charge in [0.15, 0.2) is 17.4 Å². The highest BCUT2D eigenvalue weighted by Gasteiger charge is 2.17. The summed E-state index contributed by atoms with van der Waals surface area (Å²) >= 11 is 0. The summed E-state index contributed by atoms with van der Waals surface area (Å²) in [5.41, 5.74) is 3.18. The predicted octanol–water partition coefficient (Wildman–Crippen LogP) is 4.99. The summed E-state index contributed by atoms with van der Waals surface area (Å²) in [6.45, 7) is 3.93. The molecule has 130 valence electrons. The number of aryl methyl sites for hydroxylation is 1. The van der Waals surface area contributed by atoms with Gasteiger partial charge in [-0.25, -0.2) is 9.37 Å². The lowest BCUT2D eigenvalue weighted by Gasteiger charge is -2.08. The second-order valence-corrected chi connectivity index (χ2v) is 6.32. The SMILES string of the molecule is CC(=O)c1ccc2c(c1)nc(-c1ccc(C)o1)n2Cc1ccc(F)cc1. The number of nitrogens with zero attached hydrogens (tertiary/aromatic N) is 2. The van der Waals surface area contributed by atoms with Crippen LogP contribution in [0, 0.1) is 12.7 Å². The van der Waals surface area contributed by atoms with Crippen LogP contribution in [0.15, 0.2) is 59.0 Å². The normalized spacial score (nSPS) is 11.2. The van der Waals surface area contributed by atoms with Crippen LogP contribution >= 0.6 is 0 Å². The van der Waals surface area contributed by atoms with Gasteiger partial charge in [-0.2, -0.15) is 0 Å². The first-order chi connectivity index (χ1) is 12.5. The van der Waals surface area contributed by atoms with Gasteiger partial charge in [-0.05, 0) is 61.9 Å². The summed E-state index contributed by atoms with van der Waals surface area (Å²) in [6, 6.07) is 15.6. The fourth-order valence-corrected chi connectivity index (χ4v) is 3.02. The molecule has 0 aliphatic heterocycles. The summed E-state index contributed by atoms with van der Waals surface area (Å²) in [6.07, 6.45) is 0. The molecule has 4 rings (SSSR count). The minimum absolute atomic E-state index is 0.00428. The molecule has 0 radical (unpaired) electrons. The third-order valence-corrected chi connectivity index (χ3v) is 4.37. The molecule has 4 nitrogen and oxygen atoms in total. The molecule has 0 bridgehead atoms. The first-order valence-corrected chi connectivity index (χ1v) is 8.34. The van der Waals surface area contributed by atoms with Crippen LogP contribution in [0.3, 0.4) is 0 Å². The number of hydrogen-bond acceptors (Lipinski definition) is 3. The van der Waals surface area contributed by atoms with E-state index in [9.17, 15) is 9.18 Å². The predicted molar refractivity (Wildman–Crippen MR) is 97.7 cm³/mol. The molecule has 0 amide bonds. The van der Waals surface area contributed by atoms with Crippen molar-refractivity contribution in [1.29, 1.82) is 0 Å². The highest BCUT2D eigenvalue weighted by atomic mass is 19.1. The van der Waals surface area contributed by atoms with Crippen molar-refractivity contribution < 1.29 is 13.6 Å². The fraction of sp³-hybridized carbons (Fsp3) is 0.143. The molecule has 0 aliphatic carbocycles. The number of rotatable bonds is 4. The zero-order valence-electron chi connectivity index (χ0n) is 14.5. The van der Waals surface area contributed by atoms with Crippen LogP contribution in [0.5, 0.6) is 0 Å². The topological polar surface area (TPSA) is 48.0 Å². The maximum atomic E-state index is 13.2. The summed E-state index contributed by atoms with van der Waals surface area (Å²) in [5.74, 6) is 1.86. The van der Waals surface area contributed by atoms with Gasteiger partial charge in [0.2, 0.25) is 0 Å². The summed E-state index contributed by atoms with van der Waals surface area (Å²) < 4.78 is 21.0. The molecule has 26 heavy (non-hydrogen) atoms. The van der Waals surface area contributed by atoms with E-state index in [1.165, 1.54) is 19.1 Å². The number of ketones is 1. The molecular formula is C21H17FN2O2. The Bertz CT molecular complexity index is 1110. The number of furan rings is 1. The monoisotopic (exact) mass is 348 g/mol. The lowest BCUT2D eigenvalue weighted by Crippen LogP contribution is -2.02. The van der Waals surface area contributed by atoms with Gasteiger partial charge in [0.1, 0.15) is 11.6 Å². The summed E-state index contributed by atoms with van der Waals surface area (Å²) in [4.78, 5) is 16.4. The molecule has 0 spiro atoms. The van der Waals surface area contributed by atoms with Crippen molar-refractivity contribution in [3.8, 4) is 11.6 Å². The first kappa shape index (κ1) is 16.3. The Morgan fingerprint density at radius 3 is 2.54 bits per heavy atom. The van der Waals surface area contributed by atoms with E-state index >= 15 is 0 Å². The quantitative estimate of drug-likeness (QED) is 0.488. The molecule has 0 fully saturated rings. The second kappa shape index (κ2) is 6.26. The molecule has 0 unspecified atom stereocenters. The van der Waals surface area contributed by atoms with Crippen molar-refractivity contribution >= 4 is 16.8 Å². The third-order valence-electron chi connectivity index (χ3n) is 4.37. The molecular weight excluding hydrogens is 331 g/mol. The Morgan fingerprint density at radius 2 is 1.88 bits per heavy atom. The van der Waals surface area contributed by atoms with Gasteiger partial charge in [-0.1, -0.05) is 12.1 Å². The Balaban J connectivity index is 1.89. The van der Waals surface area contributed by atoms with Gasteiger partial charge >= 0.3 is 0 Å². The molecule has 0 N–H and O–H groups in total. The first-order valence-electron chi connectivity index (χ1n) is 8.34. The minimum atomic E-state index is -0.266. The van der Waals surface area contributed by atoms with E-state index in [1.54, 1.807) is 24.3 Å². The maximum absolute atomic E-state index is 13.2. The van der Waals surface area contributed by atoms with Gasteiger partial charge in [-0.15, -0.1) is 0 Å². The van der Waals surface area contributed by atoms with Gasteiger partial charge < -0.3 is 8.98 Å². The lowest BCUT2D eigenvalue weighted by molar-refractivity contribution is 0.101. The van der Waals surface area contributed by atoms with Crippen LogP contribution in [0.2, 0.25) is 0 Å². The van der Waals surface area contributed by atoms with Crippen molar-refractivity contribution in [3.05, 3.63) is 77.3 Å². The molecule has 2 heterocycles. The fourth-order valence-electron chi connectivity index (χ4n) is 3.02. The molecule has 2 aromatic heterocycles. The van der Waals surface area contributed by atoms with E-state index in [4.69, 9.17) is 9.40 Å². The molecule has 2 aromatic carbocycles. The third kappa shape index (κ3) is 2.92. The summed E-state index contributed by atoms with van der Waals surface area (Å²) in [5, 5.41) is 0. The van der Waals surface area contributed by atoms with E-state index in [-0.39, 0.29) is 11.6 Å². The van der Waals surface area contributed by atoms with Gasteiger partial charge in [0.25, 0.3) is 0 Å². The molecule has 5 heteroatoms. The average molecular weight is 348 g/mol. The van der Waals surface area contributed by atoms with Crippen molar-refractivity contribution in [2.75, 3.05) is 0 Å². The van der Waals surface area contributed by atoms with Crippen LogP contribution in [0.4, 0.5) is 4.39 Å². The van der Waals surface area contributed by atoms with Gasteiger partial charge in [0, 0.05) is 12.1 Å². The van der Waals surface area contributed by atoms with Gasteiger partial charge in [0.05, 0.1) is 11.0 Å². The molecule has 0 atom stereocenters. The largest absolute Gasteiger partial charge is 0.458 e. The van der Waals surface area contributed by atoms with Crippen molar-refractivity contribution in [2.45, 2.75) is 20.4 Å². The number of Topliss-reactive ketones (excluding diaryl/α,β-unsaturated/α-hetero) is 1. The maximum Gasteiger partial charge on any atom is 0.177 e. The number of imidazole rings is 1. The van der Waals surface area contributed by atoms with Crippen LogP contribution < -0.4 is 0 Å². The Morgan fingerprint density at radius 1 is 1.12 bits per heavy atom. The minimum Gasteiger partial charge on any atom is -0.458 e. The lowest BCUT2D eigenvalue weighted by atomic mass is 10.1. The number of benzene rings is 2. The Kier molecular flexibility index (Phi) is 3.92. The Hall–Kier alpha value is -3.21. The van der Waals surface area contributed by atoms with E-state index in [0.717, 1.165) is 22.4 Å². The van der Waals surface area contributed by atoms with E-state index in [2.05, 4.69) is 0 Å². The number of hydrogen-bond donors (Lipinski definition) is 0. The van der Waals surface area contributed by atoms with Crippen LogP contribution in [0.1, 0.15) is 28.6 Å². The van der Waals surface area contributed by atoms with E-state index in [0.29, 0.717) is 23.7 Å². The smallest absolute Gasteiger partial charge is 0.177 e. The molecule has 0 saturated heterocycles. The number of carbonyl (C=O) groups excluding carboxylic acids is 1. The second-order valence-electron chi connectivity index (χ2n) is 6.32. The number of fused-ring (bicyclic) bond motifs is 1.